The monoisotopic (exact) mass is 265 g/mol. The van der Waals surface area contributed by atoms with E-state index >= 15 is 0 Å². The molecule has 2 N–H and O–H groups in total. The van der Waals surface area contributed by atoms with Gasteiger partial charge in [-0.3, -0.25) is 0 Å². The molecule has 1 atom stereocenters. The van der Waals surface area contributed by atoms with Crippen molar-refractivity contribution in [3.8, 4) is 6.07 Å². The lowest BCUT2D eigenvalue weighted by atomic mass is 10.3. The average molecular weight is 265 g/mol. The second-order valence-corrected chi connectivity index (χ2v) is 5.79. The van der Waals surface area contributed by atoms with Crippen LogP contribution in [0.3, 0.4) is 0 Å². The smallest absolute Gasteiger partial charge is 0.317 e. The van der Waals surface area contributed by atoms with Crippen LogP contribution in [-0.2, 0) is 9.84 Å². The lowest BCUT2D eigenvalue weighted by Crippen LogP contribution is -2.18. The molecule has 0 aliphatic rings. The molecule has 2 aromatic rings. The molecule has 0 saturated heterocycles. The van der Waals surface area contributed by atoms with Gasteiger partial charge in [-0.1, -0.05) is 6.92 Å². The normalized spacial score (nSPS) is 13.3. The summed E-state index contributed by atoms with van der Waals surface area (Å²) >= 11 is 0. The fraction of sp³-hybridized carbons (Fsp3) is 0.273. The van der Waals surface area contributed by atoms with Gasteiger partial charge in [-0.25, -0.2) is 8.42 Å². The summed E-state index contributed by atoms with van der Waals surface area (Å²) in [7, 11) is -3.86. The Hall–Kier alpha value is -2.07. The van der Waals surface area contributed by atoms with Crippen molar-refractivity contribution in [1.29, 1.82) is 5.26 Å². The molecule has 0 amide bonds. The number of rotatable bonds is 3. The van der Waals surface area contributed by atoms with Crippen LogP contribution in [0, 0.1) is 11.3 Å². The predicted octanol–water partition coefficient (Wildman–Crippen LogP) is 1.49. The molecule has 1 aromatic heterocycles. The number of benzene rings is 1. The van der Waals surface area contributed by atoms with Crippen LogP contribution in [0.4, 0.5) is 5.69 Å². The maximum absolute atomic E-state index is 12.0. The highest BCUT2D eigenvalue weighted by atomic mass is 32.2. The van der Waals surface area contributed by atoms with E-state index in [1.165, 1.54) is 6.07 Å². The molecule has 1 heterocycles. The first kappa shape index (κ1) is 12.4. The Morgan fingerprint density at radius 2 is 2.28 bits per heavy atom. The van der Waals surface area contributed by atoms with Crippen LogP contribution in [-0.4, -0.2) is 18.7 Å². The van der Waals surface area contributed by atoms with E-state index in [-0.39, 0.29) is 6.42 Å². The van der Waals surface area contributed by atoms with E-state index in [0.29, 0.717) is 16.8 Å². The van der Waals surface area contributed by atoms with Crippen molar-refractivity contribution in [2.24, 2.45) is 0 Å². The van der Waals surface area contributed by atoms with Gasteiger partial charge in [0.15, 0.2) is 10.8 Å². The molecule has 0 fully saturated rings. The van der Waals surface area contributed by atoms with Crippen LogP contribution in [0.5, 0.6) is 0 Å². The van der Waals surface area contributed by atoms with Crippen LogP contribution in [0.2, 0.25) is 0 Å². The standard InChI is InChI=1S/C11H11N3O3S/c1-2-8(6-12)18(15,16)11-14-9-5-7(13)3-4-10(9)17-11/h3-5,8H,2,13H2,1H3. The van der Waals surface area contributed by atoms with E-state index < -0.39 is 20.3 Å². The van der Waals surface area contributed by atoms with Gasteiger partial charge in [-0.2, -0.15) is 10.2 Å². The molecule has 18 heavy (non-hydrogen) atoms. The number of sulfone groups is 1. The number of nitrogens with two attached hydrogens (primary N) is 1. The topological polar surface area (TPSA) is 110 Å². The van der Waals surface area contributed by atoms with Crippen molar-refractivity contribution >= 4 is 26.6 Å². The number of hydrogen-bond donors (Lipinski definition) is 1. The molecule has 0 bridgehead atoms. The van der Waals surface area contributed by atoms with E-state index in [1.807, 2.05) is 0 Å². The zero-order valence-electron chi connectivity index (χ0n) is 9.62. The first-order valence-electron chi connectivity index (χ1n) is 5.28. The average Bonchev–Trinajstić information content (AvgIpc) is 2.73. The molecule has 1 unspecified atom stereocenters. The third-order valence-corrected chi connectivity index (χ3v) is 4.37. The number of nitrogen functional groups attached to an aromatic ring is 1. The lowest BCUT2D eigenvalue weighted by Gasteiger charge is -2.02. The second-order valence-electron chi connectivity index (χ2n) is 3.78. The Morgan fingerprint density at radius 1 is 1.56 bits per heavy atom. The van der Waals surface area contributed by atoms with Gasteiger partial charge in [0.1, 0.15) is 5.52 Å². The van der Waals surface area contributed by atoms with Gasteiger partial charge in [0.25, 0.3) is 0 Å². The van der Waals surface area contributed by atoms with E-state index in [2.05, 4.69) is 4.98 Å². The third-order valence-electron chi connectivity index (χ3n) is 2.52. The van der Waals surface area contributed by atoms with Gasteiger partial charge in [0.2, 0.25) is 9.84 Å². The second kappa shape index (κ2) is 4.31. The van der Waals surface area contributed by atoms with Gasteiger partial charge >= 0.3 is 5.22 Å². The summed E-state index contributed by atoms with van der Waals surface area (Å²) in [5, 5.41) is 7.24. The molecule has 0 spiro atoms. The minimum atomic E-state index is -3.86. The van der Waals surface area contributed by atoms with Crippen molar-refractivity contribution in [3.63, 3.8) is 0 Å². The van der Waals surface area contributed by atoms with Gasteiger partial charge in [0.05, 0.1) is 6.07 Å². The van der Waals surface area contributed by atoms with E-state index in [4.69, 9.17) is 15.4 Å². The van der Waals surface area contributed by atoms with Gasteiger partial charge < -0.3 is 10.2 Å². The Labute approximate surface area is 104 Å². The third kappa shape index (κ3) is 1.91. The number of oxazole rings is 1. The highest BCUT2D eigenvalue weighted by molar-refractivity contribution is 7.92. The van der Waals surface area contributed by atoms with E-state index in [1.54, 1.807) is 25.1 Å². The molecule has 0 aliphatic heterocycles. The first-order valence-corrected chi connectivity index (χ1v) is 6.83. The lowest BCUT2D eigenvalue weighted by molar-refractivity contribution is 0.455. The minimum Gasteiger partial charge on any atom is -0.428 e. The zero-order chi connectivity index (χ0) is 13.3. The largest absolute Gasteiger partial charge is 0.428 e. The molecule has 7 heteroatoms. The molecular formula is C11H11N3O3S. The molecule has 1 aromatic carbocycles. The highest BCUT2D eigenvalue weighted by Crippen LogP contribution is 2.24. The quantitative estimate of drug-likeness (QED) is 0.842. The van der Waals surface area contributed by atoms with Gasteiger partial charge in [0, 0.05) is 5.69 Å². The number of hydrogen-bond acceptors (Lipinski definition) is 6. The van der Waals surface area contributed by atoms with Crippen molar-refractivity contribution in [2.75, 3.05) is 5.73 Å². The molecule has 0 aliphatic carbocycles. The molecule has 2 rings (SSSR count). The fourth-order valence-electron chi connectivity index (χ4n) is 1.55. The summed E-state index contributed by atoms with van der Waals surface area (Å²) in [6.45, 7) is 1.62. The Kier molecular flexibility index (Phi) is 2.97. The first-order chi connectivity index (χ1) is 8.48. The van der Waals surface area contributed by atoms with Gasteiger partial charge in [-0.15, -0.1) is 0 Å². The van der Waals surface area contributed by atoms with Crippen LogP contribution in [0.15, 0.2) is 27.8 Å². The summed E-state index contributed by atoms with van der Waals surface area (Å²) in [5.74, 6) is 0. The summed E-state index contributed by atoms with van der Waals surface area (Å²) in [5.41, 5.74) is 6.73. The molecule has 6 nitrogen and oxygen atoms in total. The SMILES string of the molecule is CCC(C#N)S(=O)(=O)c1nc2cc(N)ccc2o1. The Morgan fingerprint density at radius 3 is 2.89 bits per heavy atom. The summed E-state index contributed by atoms with van der Waals surface area (Å²) in [4.78, 5) is 3.88. The molecule has 0 saturated carbocycles. The maximum atomic E-state index is 12.0. The summed E-state index contributed by atoms with van der Waals surface area (Å²) in [6, 6.07) is 6.39. The zero-order valence-corrected chi connectivity index (χ0v) is 10.4. The summed E-state index contributed by atoms with van der Waals surface area (Å²) < 4.78 is 29.2. The summed E-state index contributed by atoms with van der Waals surface area (Å²) in [6.07, 6.45) is 0.180. The molecule has 0 radical (unpaired) electrons. The van der Waals surface area contributed by atoms with Crippen molar-refractivity contribution in [2.45, 2.75) is 23.8 Å². The van der Waals surface area contributed by atoms with Crippen molar-refractivity contribution in [3.05, 3.63) is 18.2 Å². The van der Waals surface area contributed by atoms with Crippen molar-refractivity contribution in [1.82, 2.24) is 4.98 Å². The van der Waals surface area contributed by atoms with Crippen molar-refractivity contribution < 1.29 is 12.8 Å². The van der Waals surface area contributed by atoms with Crippen LogP contribution in [0.25, 0.3) is 11.1 Å². The van der Waals surface area contributed by atoms with E-state index in [9.17, 15) is 8.42 Å². The number of aromatic nitrogens is 1. The fourth-order valence-corrected chi connectivity index (χ4v) is 2.80. The minimum absolute atomic E-state index is 0.180. The molecule has 94 valence electrons. The van der Waals surface area contributed by atoms with E-state index in [0.717, 1.165) is 0 Å². The number of nitrogens with zero attached hydrogens (tertiary/aromatic N) is 2. The van der Waals surface area contributed by atoms with Crippen LogP contribution in [0.1, 0.15) is 13.3 Å². The Balaban J connectivity index is 2.59. The Bertz CT molecular complexity index is 728. The molecular weight excluding hydrogens is 254 g/mol. The number of fused-ring (bicyclic) bond motifs is 1. The highest BCUT2D eigenvalue weighted by Gasteiger charge is 2.31. The predicted molar refractivity (Wildman–Crippen MR) is 65.3 cm³/mol. The van der Waals surface area contributed by atoms with Crippen LogP contribution < -0.4 is 5.73 Å². The van der Waals surface area contributed by atoms with Gasteiger partial charge in [-0.05, 0) is 24.6 Å². The number of anilines is 1. The van der Waals surface area contributed by atoms with Crippen LogP contribution >= 0.6 is 0 Å². The maximum Gasteiger partial charge on any atom is 0.317 e. The number of nitriles is 1.